The molecule has 8 heteroatoms. The highest BCUT2D eigenvalue weighted by atomic mass is 19.1. The van der Waals surface area contributed by atoms with Crippen molar-refractivity contribution in [2.24, 2.45) is 0 Å². The van der Waals surface area contributed by atoms with Gasteiger partial charge in [0.2, 0.25) is 11.8 Å². The summed E-state index contributed by atoms with van der Waals surface area (Å²) in [6.07, 6.45) is -0.442. The second kappa shape index (κ2) is 5.96. The zero-order valence-electron chi connectivity index (χ0n) is 13.9. The number of amides is 1. The number of nitrogens with one attached hydrogen (secondary N) is 1. The van der Waals surface area contributed by atoms with Crippen molar-refractivity contribution in [3.8, 4) is 0 Å². The number of morpholine rings is 1. The molecule has 2 aromatic heterocycles. The number of rotatable bonds is 2. The predicted molar refractivity (Wildman–Crippen MR) is 86.6 cm³/mol. The van der Waals surface area contributed by atoms with E-state index in [1.807, 2.05) is 6.92 Å². The van der Waals surface area contributed by atoms with Crippen LogP contribution in [-0.4, -0.2) is 45.7 Å². The average molecular weight is 344 g/mol. The zero-order valence-corrected chi connectivity index (χ0v) is 13.9. The molecule has 25 heavy (non-hydrogen) atoms. The van der Waals surface area contributed by atoms with E-state index >= 15 is 0 Å². The molecule has 1 N–H and O–H groups in total. The highest BCUT2D eigenvalue weighted by Gasteiger charge is 2.30. The van der Waals surface area contributed by atoms with Crippen LogP contribution in [0.1, 0.15) is 33.9 Å². The summed E-state index contributed by atoms with van der Waals surface area (Å²) in [5.41, 5.74) is 1.82. The second-order valence-corrected chi connectivity index (χ2v) is 6.14. The standard InChI is InChI=1S/C17H17FN4O3/c1-9-5-11(18)6-13-12(9)7-14(19-13)17(23)22-3-4-24-15(8-22)16-21-20-10(2)25-16/h5-7,15,19H,3-4,8H2,1-2H3. The van der Waals surface area contributed by atoms with Gasteiger partial charge in [0.25, 0.3) is 5.91 Å². The molecule has 7 nitrogen and oxygen atoms in total. The quantitative estimate of drug-likeness (QED) is 0.772. The molecule has 0 saturated carbocycles. The molecule has 0 spiro atoms. The van der Waals surface area contributed by atoms with Crippen molar-refractivity contribution in [3.63, 3.8) is 0 Å². The monoisotopic (exact) mass is 344 g/mol. The van der Waals surface area contributed by atoms with E-state index in [1.165, 1.54) is 12.1 Å². The van der Waals surface area contributed by atoms with Crippen LogP contribution in [0.5, 0.6) is 0 Å². The SMILES string of the molecule is Cc1nnc(C2CN(C(=O)c3cc4c(C)cc(F)cc4[nH]3)CCO2)o1. The fourth-order valence-corrected chi connectivity index (χ4v) is 3.09. The lowest BCUT2D eigenvalue weighted by Gasteiger charge is -2.30. The molecule has 1 unspecified atom stereocenters. The highest BCUT2D eigenvalue weighted by molar-refractivity contribution is 5.98. The van der Waals surface area contributed by atoms with Gasteiger partial charge in [-0.05, 0) is 30.7 Å². The molecule has 0 bridgehead atoms. The van der Waals surface area contributed by atoms with Crippen molar-refractivity contribution in [2.75, 3.05) is 19.7 Å². The smallest absolute Gasteiger partial charge is 0.270 e. The molecule has 0 aliphatic carbocycles. The summed E-state index contributed by atoms with van der Waals surface area (Å²) in [6, 6.07) is 4.60. The van der Waals surface area contributed by atoms with E-state index in [0.717, 1.165) is 10.9 Å². The van der Waals surface area contributed by atoms with Gasteiger partial charge >= 0.3 is 0 Å². The predicted octanol–water partition coefficient (Wildman–Crippen LogP) is 2.52. The van der Waals surface area contributed by atoms with E-state index in [9.17, 15) is 9.18 Å². The van der Waals surface area contributed by atoms with Gasteiger partial charge in [0.1, 0.15) is 11.5 Å². The van der Waals surface area contributed by atoms with Crippen LogP contribution in [0, 0.1) is 19.7 Å². The van der Waals surface area contributed by atoms with Crippen molar-refractivity contribution in [2.45, 2.75) is 20.0 Å². The van der Waals surface area contributed by atoms with Crippen LogP contribution in [0.15, 0.2) is 22.6 Å². The Hall–Kier alpha value is -2.74. The summed E-state index contributed by atoms with van der Waals surface area (Å²) < 4.78 is 24.6. The maximum atomic E-state index is 13.5. The molecule has 1 aliphatic rings. The number of H-pyrrole nitrogens is 1. The van der Waals surface area contributed by atoms with Crippen molar-refractivity contribution in [1.29, 1.82) is 0 Å². The van der Waals surface area contributed by atoms with Crippen LogP contribution in [0.25, 0.3) is 10.9 Å². The number of aromatic nitrogens is 3. The minimum absolute atomic E-state index is 0.166. The molecule has 1 saturated heterocycles. The summed E-state index contributed by atoms with van der Waals surface area (Å²) in [6.45, 7) is 4.68. The number of hydrogen-bond acceptors (Lipinski definition) is 5. The van der Waals surface area contributed by atoms with Gasteiger partial charge in [0, 0.05) is 24.4 Å². The van der Waals surface area contributed by atoms with Crippen LogP contribution >= 0.6 is 0 Å². The van der Waals surface area contributed by atoms with E-state index in [2.05, 4.69) is 15.2 Å². The van der Waals surface area contributed by atoms with Gasteiger partial charge in [0.15, 0.2) is 6.10 Å². The maximum absolute atomic E-state index is 13.5. The van der Waals surface area contributed by atoms with E-state index in [1.54, 1.807) is 17.9 Å². The number of aryl methyl sites for hydroxylation is 2. The third-order valence-electron chi connectivity index (χ3n) is 4.31. The largest absolute Gasteiger partial charge is 0.423 e. The third-order valence-corrected chi connectivity index (χ3v) is 4.31. The Bertz CT molecular complexity index is 949. The molecular weight excluding hydrogens is 327 g/mol. The number of nitrogens with zero attached hydrogens (tertiary/aromatic N) is 3. The van der Waals surface area contributed by atoms with Gasteiger partial charge in [-0.2, -0.15) is 0 Å². The molecule has 1 amide bonds. The molecule has 0 radical (unpaired) electrons. The lowest BCUT2D eigenvalue weighted by atomic mass is 10.1. The van der Waals surface area contributed by atoms with Crippen LogP contribution in [0.4, 0.5) is 4.39 Å². The first-order valence-electron chi connectivity index (χ1n) is 8.01. The summed E-state index contributed by atoms with van der Waals surface area (Å²) in [5.74, 6) is 0.323. The summed E-state index contributed by atoms with van der Waals surface area (Å²) in [5, 5.41) is 8.59. The molecule has 1 atom stereocenters. The lowest BCUT2D eigenvalue weighted by Crippen LogP contribution is -2.42. The summed E-state index contributed by atoms with van der Waals surface area (Å²) >= 11 is 0. The molecule has 130 valence electrons. The second-order valence-electron chi connectivity index (χ2n) is 6.14. The Morgan fingerprint density at radius 1 is 1.32 bits per heavy atom. The fourth-order valence-electron chi connectivity index (χ4n) is 3.09. The molecule has 4 rings (SSSR count). The number of hydrogen-bond donors (Lipinski definition) is 1. The van der Waals surface area contributed by atoms with Crippen molar-refractivity contribution < 1.29 is 18.3 Å². The molecule has 3 aromatic rings. The lowest BCUT2D eigenvalue weighted by molar-refractivity contribution is -0.0350. The molecular formula is C17H17FN4O3. The Labute approximate surface area is 142 Å². The first-order chi connectivity index (χ1) is 12.0. The van der Waals surface area contributed by atoms with E-state index < -0.39 is 6.10 Å². The average Bonchev–Trinajstić information content (AvgIpc) is 3.21. The van der Waals surface area contributed by atoms with E-state index in [4.69, 9.17) is 9.15 Å². The highest BCUT2D eigenvalue weighted by Crippen LogP contribution is 2.25. The number of ether oxygens (including phenoxy) is 1. The van der Waals surface area contributed by atoms with Crippen molar-refractivity contribution >= 4 is 16.8 Å². The first-order valence-corrected chi connectivity index (χ1v) is 8.01. The Morgan fingerprint density at radius 3 is 2.92 bits per heavy atom. The number of benzene rings is 1. The molecule has 1 fully saturated rings. The summed E-state index contributed by atoms with van der Waals surface area (Å²) in [4.78, 5) is 17.5. The van der Waals surface area contributed by atoms with Gasteiger partial charge in [-0.1, -0.05) is 0 Å². The van der Waals surface area contributed by atoms with Crippen LogP contribution in [0.2, 0.25) is 0 Å². The third kappa shape index (κ3) is 2.89. The summed E-state index contributed by atoms with van der Waals surface area (Å²) in [7, 11) is 0. The minimum Gasteiger partial charge on any atom is -0.423 e. The number of fused-ring (bicyclic) bond motifs is 1. The van der Waals surface area contributed by atoms with Gasteiger partial charge in [-0.15, -0.1) is 10.2 Å². The van der Waals surface area contributed by atoms with Crippen molar-refractivity contribution in [1.82, 2.24) is 20.1 Å². The number of aromatic amines is 1. The Morgan fingerprint density at radius 2 is 2.16 bits per heavy atom. The number of carbonyl (C=O) groups excluding carboxylic acids is 1. The minimum atomic E-state index is -0.442. The van der Waals surface area contributed by atoms with Crippen LogP contribution in [0.3, 0.4) is 0 Å². The molecule has 1 aromatic carbocycles. The Kier molecular flexibility index (Phi) is 3.76. The van der Waals surface area contributed by atoms with Crippen LogP contribution in [-0.2, 0) is 4.74 Å². The zero-order chi connectivity index (χ0) is 17.6. The topological polar surface area (TPSA) is 84.2 Å². The van der Waals surface area contributed by atoms with Crippen molar-refractivity contribution in [3.05, 3.63) is 47.1 Å². The number of carbonyl (C=O) groups is 1. The van der Waals surface area contributed by atoms with E-state index in [-0.39, 0.29) is 11.7 Å². The fraction of sp³-hybridized carbons (Fsp3) is 0.353. The first kappa shape index (κ1) is 15.8. The maximum Gasteiger partial charge on any atom is 0.270 e. The normalized spacial score (nSPS) is 18.0. The molecule has 3 heterocycles. The molecule has 1 aliphatic heterocycles. The van der Waals surface area contributed by atoms with E-state index in [0.29, 0.717) is 42.7 Å². The van der Waals surface area contributed by atoms with Gasteiger partial charge < -0.3 is 19.0 Å². The number of halogens is 1. The van der Waals surface area contributed by atoms with Gasteiger partial charge in [-0.3, -0.25) is 4.79 Å². The van der Waals surface area contributed by atoms with Crippen LogP contribution < -0.4 is 0 Å². The van der Waals surface area contributed by atoms with Gasteiger partial charge in [0.05, 0.1) is 13.2 Å². The van der Waals surface area contributed by atoms with Gasteiger partial charge in [-0.25, -0.2) is 4.39 Å². The Balaban J connectivity index is 1.59.